The SMILES string of the molecule is CC1CC(N)[C@@H](O[C@H]2OC(CO)[C@@H](O)C(O)[C@@H]2N)C(O)[C@@H]1O[C@@H]1O[C@H](CO)[C@H](O)C1O. The number of hydrogen-bond acceptors (Lipinski definition) is 13. The molecule has 2 aliphatic heterocycles. The Morgan fingerprint density at radius 2 is 1.26 bits per heavy atom. The van der Waals surface area contributed by atoms with Crippen LogP contribution in [-0.2, 0) is 18.9 Å². The van der Waals surface area contributed by atoms with E-state index in [0.717, 1.165) is 0 Å². The molecule has 11 N–H and O–H groups in total. The molecular formula is C18H34N2O11. The van der Waals surface area contributed by atoms with Gasteiger partial charge < -0.3 is 66.2 Å². The van der Waals surface area contributed by atoms with Gasteiger partial charge in [0.15, 0.2) is 12.6 Å². The minimum atomic E-state index is -1.43. The van der Waals surface area contributed by atoms with E-state index in [1.165, 1.54) is 0 Å². The maximum absolute atomic E-state index is 10.9. The van der Waals surface area contributed by atoms with Crippen molar-refractivity contribution < 1.29 is 54.7 Å². The van der Waals surface area contributed by atoms with Gasteiger partial charge >= 0.3 is 0 Å². The van der Waals surface area contributed by atoms with Crippen molar-refractivity contribution in [3.05, 3.63) is 0 Å². The molecule has 31 heavy (non-hydrogen) atoms. The van der Waals surface area contributed by atoms with Crippen LogP contribution in [0.1, 0.15) is 13.3 Å². The number of ether oxygens (including phenoxy) is 4. The van der Waals surface area contributed by atoms with Gasteiger partial charge in [-0.3, -0.25) is 0 Å². The van der Waals surface area contributed by atoms with Crippen molar-refractivity contribution in [2.75, 3.05) is 13.2 Å². The number of hydrogen-bond donors (Lipinski definition) is 9. The third kappa shape index (κ3) is 4.89. The lowest BCUT2D eigenvalue weighted by molar-refractivity contribution is -0.304. The summed E-state index contributed by atoms with van der Waals surface area (Å²) in [5.74, 6) is -0.287. The fourth-order valence-corrected chi connectivity index (χ4v) is 4.38. The van der Waals surface area contributed by atoms with E-state index in [2.05, 4.69) is 0 Å². The summed E-state index contributed by atoms with van der Waals surface area (Å²) >= 11 is 0. The first kappa shape index (κ1) is 25.1. The highest BCUT2D eigenvalue weighted by Crippen LogP contribution is 2.34. The van der Waals surface area contributed by atoms with Crippen LogP contribution in [0.3, 0.4) is 0 Å². The molecule has 13 heteroatoms. The Morgan fingerprint density at radius 3 is 1.84 bits per heavy atom. The van der Waals surface area contributed by atoms with Crippen LogP contribution in [0, 0.1) is 5.92 Å². The van der Waals surface area contributed by atoms with Crippen molar-refractivity contribution in [2.45, 2.75) is 92.9 Å². The third-order valence-electron chi connectivity index (χ3n) is 6.31. The van der Waals surface area contributed by atoms with Gasteiger partial charge in [0.05, 0.1) is 25.4 Å². The first-order valence-corrected chi connectivity index (χ1v) is 10.4. The summed E-state index contributed by atoms with van der Waals surface area (Å²) in [7, 11) is 0. The average Bonchev–Trinajstić information content (AvgIpc) is 3.01. The number of nitrogens with two attached hydrogens (primary N) is 2. The Labute approximate surface area is 179 Å². The standard InChI is InChI=1S/C18H34N2O11/c1-5-2-6(19)16(31-17-9(20)12(25)10(23)7(3-21)28-17)14(27)15(5)30-18-13(26)11(24)8(4-22)29-18/h5-18,21-27H,2-4,19-20H2,1H3/t5?,6?,7?,8-,9+,10-,11+,12?,13?,14?,15-,16-,17-,18+/m1/s1. The van der Waals surface area contributed by atoms with Crippen LogP contribution in [0.15, 0.2) is 0 Å². The van der Waals surface area contributed by atoms with Gasteiger partial charge in [0.2, 0.25) is 0 Å². The average molecular weight is 454 g/mol. The van der Waals surface area contributed by atoms with Crippen LogP contribution < -0.4 is 11.5 Å². The second-order valence-corrected chi connectivity index (χ2v) is 8.56. The summed E-state index contributed by atoms with van der Waals surface area (Å²) in [6.45, 7) is 0.669. The lowest BCUT2D eigenvalue weighted by Gasteiger charge is -2.47. The first-order chi connectivity index (χ1) is 14.6. The second-order valence-electron chi connectivity index (χ2n) is 8.56. The fourth-order valence-electron chi connectivity index (χ4n) is 4.38. The highest BCUT2D eigenvalue weighted by Gasteiger charge is 2.51. The topological polar surface area (TPSA) is 231 Å². The van der Waals surface area contributed by atoms with Crippen molar-refractivity contribution in [3.63, 3.8) is 0 Å². The van der Waals surface area contributed by atoms with Crippen LogP contribution >= 0.6 is 0 Å². The highest BCUT2D eigenvalue weighted by atomic mass is 16.7. The Bertz CT molecular complexity index is 587. The first-order valence-electron chi connectivity index (χ1n) is 10.4. The molecular weight excluding hydrogens is 420 g/mol. The van der Waals surface area contributed by atoms with Crippen LogP contribution in [0.25, 0.3) is 0 Å². The van der Waals surface area contributed by atoms with Gasteiger partial charge in [-0.2, -0.15) is 0 Å². The minimum Gasteiger partial charge on any atom is -0.394 e. The molecule has 0 amide bonds. The van der Waals surface area contributed by atoms with Crippen LogP contribution in [0.2, 0.25) is 0 Å². The maximum Gasteiger partial charge on any atom is 0.187 e. The van der Waals surface area contributed by atoms with E-state index in [1.54, 1.807) is 6.92 Å². The van der Waals surface area contributed by atoms with E-state index in [-0.39, 0.29) is 5.92 Å². The van der Waals surface area contributed by atoms with Gasteiger partial charge in [-0.15, -0.1) is 0 Å². The van der Waals surface area contributed by atoms with Crippen molar-refractivity contribution in [1.82, 2.24) is 0 Å². The molecule has 1 aliphatic carbocycles. The molecule has 0 aromatic heterocycles. The van der Waals surface area contributed by atoms with Crippen LogP contribution in [0.4, 0.5) is 0 Å². The Kier molecular flexibility index (Phi) is 8.24. The third-order valence-corrected chi connectivity index (χ3v) is 6.31. The summed E-state index contributed by atoms with van der Waals surface area (Å²) in [6, 6.07) is -1.83. The normalized spacial score (nSPS) is 53.6. The Morgan fingerprint density at radius 1 is 0.742 bits per heavy atom. The molecule has 0 aromatic rings. The molecule has 3 aliphatic rings. The Balaban J connectivity index is 1.70. The summed E-state index contributed by atoms with van der Waals surface area (Å²) < 4.78 is 22.3. The quantitative estimate of drug-likeness (QED) is 0.183. The molecule has 182 valence electrons. The number of aliphatic hydroxyl groups is 7. The molecule has 0 aromatic carbocycles. The predicted octanol–water partition coefficient (Wildman–Crippen LogP) is -5.31. The second kappa shape index (κ2) is 10.2. The van der Waals surface area contributed by atoms with E-state index in [1.807, 2.05) is 0 Å². The van der Waals surface area contributed by atoms with Crippen molar-refractivity contribution >= 4 is 0 Å². The van der Waals surface area contributed by atoms with E-state index in [4.69, 9.17) is 30.4 Å². The number of aliphatic hydroxyl groups excluding tert-OH is 7. The van der Waals surface area contributed by atoms with Gasteiger partial charge in [-0.25, -0.2) is 0 Å². The monoisotopic (exact) mass is 454 g/mol. The van der Waals surface area contributed by atoms with Crippen molar-refractivity contribution in [3.8, 4) is 0 Å². The predicted molar refractivity (Wildman–Crippen MR) is 101 cm³/mol. The van der Waals surface area contributed by atoms with Gasteiger partial charge in [0, 0.05) is 6.04 Å². The zero-order valence-electron chi connectivity index (χ0n) is 17.1. The molecule has 13 nitrogen and oxygen atoms in total. The zero-order valence-corrected chi connectivity index (χ0v) is 17.1. The molecule has 0 radical (unpaired) electrons. The largest absolute Gasteiger partial charge is 0.394 e. The van der Waals surface area contributed by atoms with Gasteiger partial charge in [0.25, 0.3) is 0 Å². The molecule has 0 bridgehead atoms. The van der Waals surface area contributed by atoms with Crippen molar-refractivity contribution in [1.29, 1.82) is 0 Å². The van der Waals surface area contributed by atoms with Gasteiger partial charge in [-0.05, 0) is 12.3 Å². The summed E-state index contributed by atoms with van der Waals surface area (Å²) in [6.07, 6.45) is -13.3. The van der Waals surface area contributed by atoms with E-state index < -0.39 is 92.8 Å². The molecule has 3 fully saturated rings. The highest BCUT2D eigenvalue weighted by molar-refractivity contribution is 4.99. The van der Waals surface area contributed by atoms with E-state index in [0.29, 0.717) is 6.42 Å². The number of rotatable bonds is 6. The minimum absolute atomic E-state index is 0.287. The van der Waals surface area contributed by atoms with E-state index in [9.17, 15) is 35.7 Å². The zero-order chi connectivity index (χ0) is 23.0. The summed E-state index contributed by atoms with van der Waals surface area (Å²) in [5.41, 5.74) is 12.1. The molecule has 0 spiro atoms. The lowest BCUT2D eigenvalue weighted by atomic mass is 9.80. The molecule has 6 unspecified atom stereocenters. The lowest BCUT2D eigenvalue weighted by Crippen LogP contribution is -2.66. The van der Waals surface area contributed by atoms with Crippen molar-refractivity contribution in [2.24, 2.45) is 17.4 Å². The smallest absolute Gasteiger partial charge is 0.187 e. The van der Waals surface area contributed by atoms with Crippen LogP contribution in [0.5, 0.6) is 0 Å². The van der Waals surface area contributed by atoms with E-state index >= 15 is 0 Å². The molecule has 3 rings (SSSR count). The maximum atomic E-state index is 10.9. The van der Waals surface area contributed by atoms with Gasteiger partial charge in [-0.1, -0.05) is 6.92 Å². The fraction of sp³-hybridized carbons (Fsp3) is 1.00. The Hall–Kier alpha value is -0.520. The van der Waals surface area contributed by atoms with Gasteiger partial charge in [0.1, 0.15) is 48.8 Å². The summed E-state index contributed by atoms with van der Waals surface area (Å²) in [5, 5.41) is 69.6. The van der Waals surface area contributed by atoms with Crippen LogP contribution in [-0.4, -0.2) is 129 Å². The summed E-state index contributed by atoms with van der Waals surface area (Å²) in [4.78, 5) is 0. The molecule has 2 saturated heterocycles. The molecule has 2 heterocycles. The molecule has 14 atom stereocenters. The molecule has 1 saturated carbocycles.